The summed E-state index contributed by atoms with van der Waals surface area (Å²) in [6.45, 7) is 10.6. The molecule has 0 aliphatic carbocycles. The molecule has 4 rings (SSSR count). The van der Waals surface area contributed by atoms with E-state index >= 15 is 0 Å². The molecule has 4 nitrogen and oxygen atoms in total. The van der Waals surface area contributed by atoms with Crippen LogP contribution in [0.3, 0.4) is 0 Å². The van der Waals surface area contributed by atoms with Gasteiger partial charge in [-0.2, -0.15) is 0 Å². The largest absolute Gasteiger partial charge is 0.322 e. The molecule has 0 amide bonds. The third kappa shape index (κ3) is 8.44. The Hall–Kier alpha value is -2.63. The van der Waals surface area contributed by atoms with Crippen molar-refractivity contribution in [3.63, 3.8) is 0 Å². The fraction of sp³-hybridized carbons (Fsp3) is 0.226. The number of nitrogens with two attached hydrogens (primary N) is 1. The fourth-order valence-corrected chi connectivity index (χ4v) is 5.33. The molecule has 6 heteroatoms. The molecule has 0 bridgehead atoms. The van der Waals surface area contributed by atoms with Crippen LogP contribution in [0.4, 0.5) is 0 Å². The minimum atomic E-state index is -3.71. The Kier molecular flexibility index (Phi) is 11.4. The smallest absolute Gasteiger partial charge is 0.241 e. The van der Waals surface area contributed by atoms with Crippen LogP contribution in [-0.4, -0.2) is 8.42 Å². The van der Waals surface area contributed by atoms with Gasteiger partial charge in [0, 0.05) is 19.5 Å². The third-order valence-electron chi connectivity index (χ3n) is 6.39. The van der Waals surface area contributed by atoms with Crippen molar-refractivity contribution in [2.45, 2.75) is 51.6 Å². The fourth-order valence-electron chi connectivity index (χ4n) is 4.08. The van der Waals surface area contributed by atoms with Gasteiger partial charge < -0.3 is 5.73 Å². The van der Waals surface area contributed by atoms with E-state index in [9.17, 15) is 8.42 Å². The molecule has 0 aliphatic rings. The second kappa shape index (κ2) is 13.8. The summed E-state index contributed by atoms with van der Waals surface area (Å²) in [5.41, 5.74) is 14.7. The Balaban J connectivity index is 0.000000369. The number of rotatable bonds is 6. The van der Waals surface area contributed by atoms with Gasteiger partial charge in [-0.15, -0.1) is 0 Å². The van der Waals surface area contributed by atoms with Crippen molar-refractivity contribution in [3.05, 3.63) is 136 Å². The number of sulfonamides is 1. The van der Waals surface area contributed by atoms with Gasteiger partial charge in [-0.1, -0.05) is 96.1 Å². The molecule has 4 aromatic rings. The van der Waals surface area contributed by atoms with E-state index in [1.165, 1.54) is 22.3 Å². The average Bonchev–Trinajstić information content (AvgIpc) is 2.87. The first-order valence-electron chi connectivity index (χ1n) is 12.1. The molecule has 2 atom stereocenters. The molecule has 0 heterocycles. The van der Waals surface area contributed by atoms with Gasteiger partial charge in [0.15, 0.2) is 0 Å². The van der Waals surface area contributed by atoms with Gasteiger partial charge in [-0.25, -0.2) is 13.1 Å². The van der Waals surface area contributed by atoms with E-state index in [0.717, 1.165) is 16.7 Å². The summed E-state index contributed by atoms with van der Waals surface area (Å²) in [5.74, 6) is 0. The van der Waals surface area contributed by atoms with Crippen molar-refractivity contribution in [2.75, 3.05) is 0 Å². The number of hydrogen-bond acceptors (Lipinski definition) is 3. The molecule has 0 aliphatic heterocycles. The molecule has 0 aromatic heterocycles. The standard InChI is InChI=1S/C21H22N2O2S.C10H14.Ru/c1-16-12-14-19(15-13-16)26(24,25)23-21(18-10-6-3-7-11-18)20(22)17-8-4-2-5-9-17;1-7-5-8(2)10(4)9(3)6-7;/h2-15,20-21,23H,22H2,1H3;5-6H,1-4H3;/t20-,21-;;/m1../s1. The topological polar surface area (TPSA) is 72.2 Å². The Morgan fingerprint density at radius 2 is 1.11 bits per heavy atom. The van der Waals surface area contributed by atoms with Gasteiger partial charge in [0.25, 0.3) is 0 Å². The average molecular weight is 602 g/mol. The molecule has 0 radical (unpaired) electrons. The van der Waals surface area contributed by atoms with Crippen LogP contribution in [-0.2, 0) is 29.5 Å². The van der Waals surface area contributed by atoms with E-state index in [2.05, 4.69) is 44.5 Å². The third-order valence-corrected chi connectivity index (χ3v) is 7.84. The van der Waals surface area contributed by atoms with E-state index < -0.39 is 22.1 Å². The Morgan fingerprint density at radius 1 is 0.649 bits per heavy atom. The quantitative estimate of drug-likeness (QED) is 0.244. The van der Waals surface area contributed by atoms with Crippen molar-refractivity contribution in [3.8, 4) is 0 Å². The van der Waals surface area contributed by atoms with Crippen molar-refractivity contribution < 1.29 is 27.9 Å². The Labute approximate surface area is 235 Å². The zero-order chi connectivity index (χ0) is 26.3. The van der Waals surface area contributed by atoms with E-state index in [-0.39, 0.29) is 24.4 Å². The summed E-state index contributed by atoms with van der Waals surface area (Å²) in [6.07, 6.45) is 0. The van der Waals surface area contributed by atoms with Crippen LogP contribution in [0.5, 0.6) is 0 Å². The predicted molar refractivity (Wildman–Crippen MR) is 149 cm³/mol. The van der Waals surface area contributed by atoms with Crippen LogP contribution in [0.15, 0.2) is 102 Å². The van der Waals surface area contributed by atoms with Crippen LogP contribution >= 0.6 is 0 Å². The number of aryl methyl sites for hydroxylation is 4. The van der Waals surface area contributed by atoms with Gasteiger partial charge >= 0.3 is 0 Å². The van der Waals surface area contributed by atoms with Gasteiger partial charge in [0.05, 0.1) is 17.0 Å². The van der Waals surface area contributed by atoms with Crippen LogP contribution in [0.1, 0.15) is 51.0 Å². The zero-order valence-corrected chi connectivity index (χ0v) is 24.6. The molecule has 0 spiro atoms. The summed E-state index contributed by atoms with van der Waals surface area (Å²) >= 11 is 0. The summed E-state index contributed by atoms with van der Waals surface area (Å²) in [4.78, 5) is 0.226. The van der Waals surface area contributed by atoms with Crippen molar-refractivity contribution in [1.29, 1.82) is 0 Å². The SMILES string of the molecule is Cc1cc(C)c(C)c(C)c1.Cc1ccc(S(=O)(=O)N[C@H](c2ccccc2)[C@H](N)c2ccccc2)cc1.[Ru]. The number of nitrogens with one attached hydrogen (secondary N) is 1. The van der Waals surface area contributed by atoms with Crippen LogP contribution in [0.25, 0.3) is 0 Å². The van der Waals surface area contributed by atoms with Gasteiger partial charge in [-0.3, -0.25) is 0 Å². The second-order valence-electron chi connectivity index (χ2n) is 9.28. The molecule has 37 heavy (non-hydrogen) atoms. The molecule has 0 saturated carbocycles. The Morgan fingerprint density at radius 3 is 1.59 bits per heavy atom. The minimum absolute atomic E-state index is 0. The van der Waals surface area contributed by atoms with Gasteiger partial charge in [-0.05, 0) is 74.6 Å². The first-order valence-corrected chi connectivity index (χ1v) is 13.6. The molecule has 0 saturated heterocycles. The van der Waals surface area contributed by atoms with Crippen molar-refractivity contribution in [2.24, 2.45) is 5.73 Å². The first-order chi connectivity index (χ1) is 17.1. The number of benzene rings is 4. The van der Waals surface area contributed by atoms with E-state index in [1.807, 2.05) is 67.6 Å². The molecule has 0 fully saturated rings. The maximum absolute atomic E-state index is 12.9. The molecular formula is C31H36N2O2RuS. The van der Waals surface area contributed by atoms with Crippen molar-refractivity contribution >= 4 is 10.0 Å². The Bertz CT molecular complexity index is 1350. The van der Waals surface area contributed by atoms with E-state index in [0.29, 0.717) is 0 Å². The summed E-state index contributed by atoms with van der Waals surface area (Å²) < 4.78 is 28.6. The van der Waals surface area contributed by atoms with Crippen LogP contribution < -0.4 is 10.5 Å². The minimum Gasteiger partial charge on any atom is -0.322 e. The van der Waals surface area contributed by atoms with E-state index in [4.69, 9.17) is 5.73 Å². The van der Waals surface area contributed by atoms with Crippen LogP contribution in [0.2, 0.25) is 0 Å². The molecular weight excluding hydrogens is 565 g/mol. The monoisotopic (exact) mass is 602 g/mol. The number of hydrogen-bond donors (Lipinski definition) is 2. The molecule has 4 aromatic carbocycles. The summed E-state index contributed by atoms with van der Waals surface area (Å²) in [5, 5.41) is 0. The summed E-state index contributed by atoms with van der Waals surface area (Å²) in [7, 11) is -3.71. The van der Waals surface area contributed by atoms with Crippen molar-refractivity contribution in [1.82, 2.24) is 4.72 Å². The normalized spacial score (nSPS) is 12.5. The van der Waals surface area contributed by atoms with E-state index in [1.54, 1.807) is 24.3 Å². The predicted octanol–water partition coefficient (Wildman–Crippen LogP) is 6.63. The zero-order valence-electron chi connectivity index (χ0n) is 22.0. The molecule has 196 valence electrons. The first kappa shape index (κ1) is 30.6. The van der Waals surface area contributed by atoms with Crippen LogP contribution in [0, 0.1) is 34.6 Å². The van der Waals surface area contributed by atoms with Gasteiger partial charge in [0.2, 0.25) is 10.0 Å². The molecule has 3 N–H and O–H groups in total. The second-order valence-corrected chi connectivity index (χ2v) is 11.0. The van der Waals surface area contributed by atoms with Gasteiger partial charge in [0.1, 0.15) is 0 Å². The summed E-state index contributed by atoms with van der Waals surface area (Å²) in [6, 6.07) is 29.0. The maximum Gasteiger partial charge on any atom is 0.241 e. The molecule has 0 unspecified atom stereocenters. The maximum atomic E-state index is 12.9.